The van der Waals surface area contributed by atoms with Gasteiger partial charge in [-0.15, -0.1) is 11.8 Å². The van der Waals surface area contributed by atoms with Gasteiger partial charge in [-0.05, 0) is 34.6 Å². The summed E-state index contributed by atoms with van der Waals surface area (Å²) < 4.78 is 17.7. The van der Waals surface area contributed by atoms with Gasteiger partial charge in [0, 0.05) is 24.5 Å². The zero-order chi connectivity index (χ0) is 14.7. The fourth-order valence-electron chi connectivity index (χ4n) is 2.24. The molecular formula is C15H15FINOS3. The van der Waals surface area contributed by atoms with Crippen LogP contribution < -0.4 is 33.2 Å². The maximum Gasteiger partial charge on any atom is 0.268 e. The standard InChI is InChI=1S/C15H15FNOS3.HI/c16-12-5-3-11(4-6-12)13(18)10-19-15-9-14(20-21-15)17-7-1-2-8-17;/h3-6,9H,1-2,7-8,10H2;1H/q+1;/p-1. The van der Waals surface area contributed by atoms with Crippen molar-refractivity contribution in [3.8, 4) is 0 Å². The van der Waals surface area contributed by atoms with Gasteiger partial charge in [-0.25, -0.2) is 8.97 Å². The monoisotopic (exact) mass is 467 g/mol. The van der Waals surface area contributed by atoms with E-state index in [1.165, 1.54) is 33.9 Å². The van der Waals surface area contributed by atoms with Gasteiger partial charge in [0.25, 0.3) is 4.67 Å². The summed E-state index contributed by atoms with van der Waals surface area (Å²) >= 11 is 1.57. The first-order valence-corrected chi connectivity index (χ1v) is 9.95. The van der Waals surface area contributed by atoms with E-state index in [0.717, 1.165) is 13.1 Å². The highest BCUT2D eigenvalue weighted by Gasteiger charge is 2.15. The quantitative estimate of drug-likeness (QED) is 0.215. The summed E-state index contributed by atoms with van der Waals surface area (Å²) in [4.78, 5) is 12.0. The third kappa shape index (κ3) is 4.62. The number of rotatable bonds is 4. The van der Waals surface area contributed by atoms with E-state index in [1.54, 1.807) is 44.6 Å². The number of thioether (sulfide) groups is 1. The molecule has 0 N–H and O–H groups in total. The smallest absolute Gasteiger partial charge is 0.268 e. The van der Waals surface area contributed by atoms with Gasteiger partial charge in [0.15, 0.2) is 5.78 Å². The molecule has 0 radical (unpaired) electrons. The van der Waals surface area contributed by atoms with Crippen molar-refractivity contribution in [3.63, 3.8) is 0 Å². The molecule has 0 amide bonds. The van der Waals surface area contributed by atoms with Crippen molar-refractivity contribution < 1.29 is 33.2 Å². The summed E-state index contributed by atoms with van der Waals surface area (Å²) in [5.41, 5.74) is 0.573. The van der Waals surface area contributed by atoms with Gasteiger partial charge in [0.1, 0.15) is 18.9 Å². The summed E-state index contributed by atoms with van der Waals surface area (Å²) in [6.07, 6.45) is 2.54. The largest absolute Gasteiger partial charge is 1.00 e. The Labute approximate surface area is 157 Å². The van der Waals surface area contributed by atoms with Gasteiger partial charge in [-0.1, -0.05) is 10.3 Å². The number of ketones is 1. The van der Waals surface area contributed by atoms with Crippen molar-refractivity contribution in [1.82, 2.24) is 4.58 Å². The molecule has 7 heteroatoms. The molecule has 3 rings (SSSR count). The first kappa shape index (κ1) is 18.1. The number of halogens is 2. The number of benzene rings is 1. The number of carbonyl (C=O) groups is 1. The Morgan fingerprint density at radius 3 is 2.55 bits per heavy atom. The lowest BCUT2D eigenvalue weighted by Crippen LogP contribution is -3.00. The predicted octanol–water partition coefficient (Wildman–Crippen LogP) is 0.494. The first-order valence-electron chi connectivity index (χ1n) is 6.82. The SMILES string of the molecule is O=C(CSc1cc(=[N+]2CCCC2)ss1)c1ccc(F)cc1.[I-]. The highest BCUT2D eigenvalue weighted by molar-refractivity contribution is 8.03. The molecule has 2 aromatic rings. The molecule has 1 aliphatic rings. The minimum absolute atomic E-state index is 0. The molecule has 0 bridgehead atoms. The van der Waals surface area contributed by atoms with E-state index in [0.29, 0.717) is 11.3 Å². The van der Waals surface area contributed by atoms with E-state index in [-0.39, 0.29) is 35.6 Å². The number of carbonyl (C=O) groups excluding carboxylic acids is 1. The molecule has 0 unspecified atom stereocenters. The lowest BCUT2D eigenvalue weighted by molar-refractivity contribution is -0.0000125. The molecule has 118 valence electrons. The molecular weight excluding hydrogens is 452 g/mol. The van der Waals surface area contributed by atoms with Crippen molar-refractivity contribution in [2.75, 3.05) is 18.8 Å². The van der Waals surface area contributed by atoms with Crippen LogP contribution >= 0.6 is 32.4 Å². The average Bonchev–Trinajstić information content (AvgIpc) is 3.16. The molecule has 0 spiro atoms. The average molecular weight is 467 g/mol. The van der Waals surface area contributed by atoms with Gasteiger partial charge in [-0.2, -0.15) is 0 Å². The third-order valence-corrected chi connectivity index (χ3v) is 7.32. The molecule has 2 nitrogen and oxygen atoms in total. The highest BCUT2D eigenvalue weighted by Crippen LogP contribution is 2.25. The molecule has 1 fully saturated rings. The number of Topliss-reactive ketones (excluding diaryl/α,β-unsaturated/α-hetero) is 1. The van der Waals surface area contributed by atoms with Crippen molar-refractivity contribution in [2.24, 2.45) is 0 Å². The highest BCUT2D eigenvalue weighted by atomic mass is 127. The van der Waals surface area contributed by atoms with Crippen LogP contribution in [0.1, 0.15) is 23.2 Å². The van der Waals surface area contributed by atoms with Crippen LogP contribution in [0.15, 0.2) is 34.5 Å². The Hall–Kier alpha value is -0.250. The van der Waals surface area contributed by atoms with E-state index in [9.17, 15) is 9.18 Å². The van der Waals surface area contributed by atoms with Crippen LogP contribution in [0.3, 0.4) is 0 Å². The molecule has 0 atom stereocenters. The van der Waals surface area contributed by atoms with Crippen molar-refractivity contribution in [3.05, 3.63) is 46.4 Å². The van der Waals surface area contributed by atoms with E-state index < -0.39 is 0 Å². The Balaban J connectivity index is 0.00000176. The minimum Gasteiger partial charge on any atom is -1.00 e. The summed E-state index contributed by atoms with van der Waals surface area (Å²) in [6.45, 7) is 2.29. The molecule has 1 aliphatic heterocycles. The Morgan fingerprint density at radius 2 is 1.86 bits per heavy atom. The molecule has 2 heterocycles. The maximum absolute atomic E-state index is 12.8. The van der Waals surface area contributed by atoms with Crippen molar-refractivity contribution in [2.45, 2.75) is 17.1 Å². The second-order valence-corrected chi connectivity index (χ2v) is 8.35. The van der Waals surface area contributed by atoms with Crippen LogP contribution in [0.4, 0.5) is 4.39 Å². The predicted molar refractivity (Wildman–Crippen MR) is 87.9 cm³/mol. The van der Waals surface area contributed by atoms with E-state index >= 15 is 0 Å². The molecule has 22 heavy (non-hydrogen) atoms. The number of nitrogens with zero attached hydrogens (tertiary/aromatic N) is 1. The van der Waals surface area contributed by atoms with Gasteiger partial charge in [-0.3, -0.25) is 4.79 Å². The van der Waals surface area contributed by atoms with E-state index in [4.69, 9.17) is 0 Å². The summed E-state index contributed by atoms with van der Waals surface area (Å²) in [5, 5.41) is 0. The molecule has 0 saturated carbocycles. The molecule has 0 aliphatic carbocycles. The van der Waals surface area contributed by atoms with Crippen LogP contribution in [0.25, 0.3) is 0 Å². The topological polar surface area (TPSA) is 20.1 Å². The van der Waals surface area contributed by atoms with Crippen LogP contribution in [0.5, 0.6) is 0 Å². The van der Waals surface area contributed by atoms with Crippen LogP contribution in [-0.4, -0.2) is 24.6 Å². The fourth-order valence-corrected chi connectivity index (χ4v) is 6.02. The van der Waals surface area contributed by atoms with Gasteiger partial charge in [0.05, 0.1) is 9.96 Å². The van der Waals surface area contributed by atoms with Gasteiger partial charge in [0.2, 0.25) is 0 Å². The van der Waals surface area contributed by atoms with Crippen LogP contribution in [0.2, 0.25) is 0 Å². The van der Waals surface area contributed by atoms with Crippen molar-refractivity contribution in [1.29, 1.82) is 0 Å². The lowest BCUT2D eigenvalue weighted by atomic mass is 10.1. The zero-order valence-electron chi connectivity index (χ0n) is 11.8. The Morgan fingerprint density at radius 1 is 1.18 bits per heavy atom. The summed E-state index contributed by atoms with van der Waals surface area (Å²) in [6, 6.07) is 7.94. The van der Waals surface area contributed by atoms with E-state index in [1.807, 2.05) is 0 Å². The fraction of sp³-hybridized carbons (Fsp3) is 0.333. The third-order valence-electron chi connectivity index (χ3n) is 3.38. The van der Waals surface area contributed by atoms with Crippen LogP contribution in [0, 0.1) is 5.82 Å². The second kappa shape index (κ2) is 8.56. The Kier molecular flexibility index (Phi) is 7.04. The zero-order valence-corrected chi connectivity index (χ0v) is 16.4. The molecule has 1 aromatic carbocycles. The maximum atomic E-state index is 12.8. The summed E-state index contributed by atoms with van der Waals surface area (Å²) in [5.74, 6) is 0.133. The molecule has 1 aromatic heterocycles. The molecule has 1 saturated heterocycles. The normalized spacial score (nSPS) is 14.0. The van der Waals surface area contributed by atoms with Crippen LogP contribution in [-0.2, 0) is 0 Å². The lowest BCUT2D eigenvalue weighted by Gasteiger charge is -1.99. The van der Waals surface area contributed by atoms with Crippen molar-refractivity contribution >= 4 is 38.2 Å². The summed E-state index contributed by atoms with van der Waals surface area (Å²) in [7, 11) is 3.51. The Bertz CT molecular complexity index is 700. The number of hydrogen-bond donors (Lipinski definition) is 0. The minimum atomic E-state index is -0.311. The second-order valence-electron chi connectivity index (χ2n) is 4.88. The number of hydrogen-bond acceptors (Lipinski definition) is 4. The van der Waals surface area contributed by atoms with Gasteiger partial charge < -0.3 is 24.0 Å². The van der Waals surface area contributed by atoms with Gasteiger partial charge >= 0.3 is 0 Å². The van der Waals surface area contributed by atoms with E-state index in [2.05, 4.69) is 10.6 Å². The first-order chi connectivity index (χ1) is 10.2.